The van der Waals surface area contributed by atoms with Crippen molar-refractivity contribution < 1.29 is 14.3 Å². The Bertz CT molecular complexity index is 1260. The van der Waals surface area contributed by atoms with E-state index in [1.54, 1.807) is 12.3 Å². The standard InChI is InChI=1S/C24H24FN5O2/c1-24(2,3)19(11-21(31)32)29-20-10-18(14-7-5-4-6-8-14)28-23(30-20)17-13-27-22-16(17)9-15(25)12-26-22/h4-10,12-13,19H,11H2,1-3H3,(H,26,27)(H,31,32)(H,28,29,30)/t19-/m1/s1. The number of carboxylic acids is 1. The van der Waals surface area contributed by atoms with Crippen LogP contribution in [0.4, 0.5) is 10.2 Å². The molecule has 164 valence electrons. The molecule has 0 bridgehead atoms. The highest BCUT2D eigenvalue weighted by Crippen LogP contribution is 2.31. The van der Waals surface area contributed by atoms with Gasteiger partial charge in [-0.3, -0.25) is 4.79 Å². The number of hydrogen-bond donors (Lipinski definition) is 3. The number of nitrogens with zero attached hydrogens (tertiary/aromatic N) is 3. The number of halogens is 1. The van der Waals surface area contributed by atoms with Crippen LogP contribution in [0.3, 0.4) is 0 Å². The number of nitrogens with one attached hydrogen (secondary N) is 2. The number of rotatable bonds is 6. The number of pyridine rings is 1. The second-order valence-electron chi connectivity index (χ2n) is 8.74. The minimum Gasteiger partial charge on any atom is -0.481 e. The summed E-state index contributed by atoms with van der Waals surface area (Å²) in [5.74, 6) is -0.470. The molecule has 0 radical (unpaired) electrons. The molecule has 8 heteroatoms. The van der Waals surface area contributed by atoms with Gasteiger partial charge in [-0.15, -0.1) is 0 Å². The van der Waals surface area contributed by atoms with E-state index in [0.717, 1.165) is 11.8 Å². The fourth-order valence-electron chi connectivity index (χ4n) is 3.49. The Balaban J connectivity index is 1.85. The molecule has 1 aromatic carbocycles. The highest BCUT2D eigenvalue weighted by atomic mass is 19.1. The van der Waals surface area contributed by atoms with E-state index in [1.807, 2.05) is 51.1 Å². The Morgan fingerprint density at radius 1 is 1.19 bits per heavy atom. The normalized spacial score (nSPS) is 12.6. The molecule has 4 aromatic rings. The van der Waals surface area contributed by atoms with Gasteiger partial charge in [-0.1, -0.05) is 51.1 Å². The highest BCUT2D eigenvalue weighted by Gasteiger charge is 2.28. The molecular formula is C24H24FN5O2. The Hall–Kier alpha value is -3.81. The van der Waals surface area contributed by atoms with Gasteiger partial charge in [0.25, 0.3) is 0 Å². The van der Waals surface area contributed by atoms with E-state index in [4.69, 9.17) is 4.98 Å². The predicted molar refractivity (Wildman–Crippen MR) is 122 cm³/mol. The van der Waals surface area contributed by atoms with Gasteiger partial charge in [0, 0.05) is 34.8 Å². The molecule has 3 N–H and O–H groups in total. The lowest BCUT2D eigenvalue weighted by Crippen LogP contribution is -2.36. The van der Waals surface area contributed by atoms with Gasteiger partial charge in [-0.25, -0.2) is 19.3 Å². The van der Waals surface area contributed by atoms with E-state index in [0.29, 0.717) is 33.9 Å². The number of carbonyl (C=O) groups is 1. The molecule has 4 rings (SSSR count). The van der Waals surface area contributed by atoms with E-state index in [9.17, 15) is 14.3 Å². The van der Waals surface area contributed by atoms with Crippen LogP contribution >= 0.6 is 0 Å². The topological polar surface area (TPSA) is 104 Å². The van der Waals surface area contributed by atoms with Crippen LogP contribution in [0.2, 0.25) is 0 Å². The van der Waals surface area contributed by atoms with Gasteiger partial charge in [-0.05, 0) is 11.5 Å². The molecular weight excluding hydrogens is 409 g/mol. The van der Waals surface area contributed by atoms with Crippen LogP contribution in [0.25, 0.3) is 33.7 Å². The summed E-state index contributed by atoms with van der Waals surface area (Å²) in [6.07, 6.45) is 2.78. The van der Waals surface area contributed by atoms with Crippen LogP contribution in [0.5, 0.6) is 0 Å². The Morgan fingerprint density at radius 2 is 1.94 bits per heavy atom. The second-order valence-corrected chi connectivity index (χ2v) is 8.74. The summed E-state index contributed by atoms with van der Waals surface area (Å²) in [7, 11) is 0. The molecule has 0 aliphatic heterocycles. The number of carboxylic acid groups (broad SMARTS) is 1. The van der Waals surface area contributed by atoms with Gasteiger partial charge in [0.05, 0.1) is 18.3 Å². The van der Waals surface area contributed by atoms with E-state index in [-0.39, 0.29) is 17.9 Å². The van der Waals surface area contributed by atoms with Crippen LogP contribution in [0, 0.1) is 11.2 Å². The van der Waals surface area contributed by atoms with Crippen LogP contribution in [-0.2, 0) is 4.79 Å². The van der Waals surface area contributed by atoms with E-state index < -0.39 is 11.8 Å². The minimum atomic E-state index is -0.895. The fourth-order valence-corrected chi connectivity index (χ4v) is 3.49. The number of aliphatic carboxylic acids is 1. The van der Waals surface area contributed by atoms with Gasteiger partial charge in [0.15, 0.2) is 5.82 Å². The van der Waals surface area contributed by atoms with Crippen molar-refractivity contribution >= 4 is 22.8 Å². The lowest BCUT2D eigenvalue weighted by molar-refractivity contribution is -0.137. The lowest BCUT2D eigenvalue weighted by Gasteiger charge is -2.31. The Morgan fingerprint density at radius 3 is 2.62 bits per heavy atom. The Labute approximate surface area is 184 Å². The van der Waals surface area contributed by atoms with Crippen molar-refractivity contribution in [2.24, 2.45) is 5.41 Å². The SMILES string of the molecule is CC(C)(C)[C@@H](CC(=O)O)Nc1cc(-c2ccccc2)nc(-c2c[nH]c3ncc(F)cc23)n1. The van der Waals surface area contributed by atoms with Crippen LogP contribution < -0.4 is 5.32 Å². The summed E-state index contributed by atoms with van der Waals surface area (Å²) in [5, 5.41) is 13.2. The zero-order valence-corrected chi connectivity index (χ0v) is 18.1. The summed E-state index contributed by atoms with van der Waals surface area (Å²) >= 11 is 0. The fraction of sp³-hybridized carbons (Fsp3) is 0.250. The third-order valence-corrected chi connectivity index (χ3v) is 5.28. The van der Waals surface area contributed by atoms with E-state index in [1.165, 1.54) is 6.07 Å². The number of fused-ring (bicyclic) bond motifs is 1. The smallest absolute Gasteiger partial charge is 0.305 e. The third kappa shape index (κ3) is 4.59. The Kier molecular flexibility index (Phi) is 5.61. The van der Waals surface area contributed by atoms with Crippen LogP contribution in [0.15, 0.2) is 54.9 Å². The molecule has 0 saturated heterocycles. The van der Waals surface area contributed by atoms with Crippen molar-refractivity contribution in [2.75, 3.05) is 5.32 Å². The number of aromatic amines is 1. The van der Waals surface area contributed by atoms with Gasteiger partial charge in [0.1, 0.15) is 17.3 Å². The largest absolute Gasteiger partial charge is 0.481 e. The van der Waals surface area contributed by atoms with E-state index >= 15 is 0 Å². The van der Waals surface area contributed by atoms with Crippen molar-refractivity contribution in [2.45, 2.75) is 33.2 Å². The number of H-pyrrole nitrogens is 1. The summed E-state index contributed by atoms with van der Waals surface area (Å²) < 4.78 is 13.9. The van der Waals surface area contributed by atoms with Gasteiger partial charge in [-0.2, -0.15) is 0 Å². The van der Waals surface area contributed by atoms with Crippen LogP contribution in [0.1, 0.15) is 27.2 Å². The molecule has 0 aliphatic rings. The summed E-state index contributed by atoms with van der Waals surface area (Å²) in [5.41, 5.74) is 2.36. The number of benzene rings is 1. The summed E-state index contributed by atoms with van der Waals surface area (Å²) in [4.78, 5) is 27.9. The minimum absolute atomic E-state index is 0.0638. The van der Waals surface area contributed by atoms with Crippen molar-refractivity contribution in [3.05, 3.63) is 60.7 Å². The van der Waals surface area contributed by atoms with Gasteiger partial charge < -0.3 is 15.4 Å². The number of anilines is 1. The molecule has 0 amide bonds. The maximum absolute atomic E-state index is 13.9. The first-order valence-corrected chi connectivity index (χ1v) is 10.3. The summed E-state index contributed by atoms with van der Waals surface area (Å²) in [6, 6.07) is 12.4. The quantitative estimate of drug-likeness (QED) is 0.390. The predicted octanol–water partition coefficient (Wildman–Crippen LogP) is 5.13. The molecule has 3 heterocycles. The number of hydrogen-bond acceptors (Lipinski definition) is 5. The zero-order valence-electron chi connectivity index (χ0n) is 18.1. The monoisotopic (exact) mass is 433 g/mol. The molecule has 32 heavy (non-hydrogen) atoms. The second kappa shape index (κ2) is 8.37. The van der Waals surface area contributed by atoms with Gasteiger partial charge >= 0.3 is 5.97 Å². The average Bonchev–Trinajstić information content (AvgIpc) is 3.16. The van der Waals surface area contributed by atoms with Gasteiger partial charge in [0.2, 0.25) is 0 Å². The van der Waals surface area contributed by atoms with Crippen molar-refractivity contribution in [3.63, 3.8) is 0 Å². The lowest BCUT2D eigenvalue weighted by atomic mass is 9.84. The maximum atomic E-state index is 13.9. The molecule has 3 aromatic heterocycles. The molecule has 0 unspecified atom stereocenters. The summed E-state index contributed by atoms with van der Waals surface area (Å²) in [6.45, 7) is 5.92. The molecule has 7 nitrogen and oxygen atoms in total. The highest BCUT2D eigenvalue weighted by molar-refractivity contribution is 5.92. The first-order valence-electron chi connectivity index (χ1n) is 10.3. The molecule has 0 aliphatic carbocycles. The van der Waals surface area contributed by atoms with Crippen LogP contribution in [-0.4, -0.2) is 37.1 Å². The molecule has 0 spiro atoms. The van der Waals surface area contributed by atoms with Crippen molar-refractivity contribution in [1.29, 1.82) is 0 Å². The first-order chi connectivity index (χ1) is 15.2. The average molecular weight is 433 g/mol. The zero-order chi connectivity index (χ0) is 22.9. The van der Waals surface area contributed by atoms with E-state index in [2.05, 4.69) is 20.3 Å². The third-order valence-electron chi connectivity index (χ3n) is 5.28. The van der Waals surface area contributed by atoms with Crippen molar-refractivity contribution in [1.82, 2.24) is 19.9 Å². The molecule has 0 fully saturated rings. The maximum Gasteiger partial charge on any atom is 0.305 e. The molecule has 1 atom stereocenters. The molecule has 0 saturated carbocycles. The number of aromatic nitrogens is 4. The first kappa shape index (κ1) is 21.4. The van der Waals surface area contributed by atoms with Crippen molar-refractivity contribution in [3.8, 4) is 22.6 Å².